The molecule has 1 heterocycles. The van der Waals surface area contributed by atoms with Gasteiger partial charge in [-0.15, -0.1) is 11.3 Å². The van der Waals surface area contributed by atoms with Crippen LogP contribution in [0, 0.1) is 6.92 Å². The third-order valence-electron chi connectivity index (χ3n) is 2.10. The highest BCUT2D eigenvalue weighted by Gasteiger charge is 2.06. The second-order valence-corrected chi connectivity index (χ2v) is 4.92. The van der Waals surface area contributed by atoms with Gasteiger partial charge >= 0.3 is 0 Å². The van der Waals surface area contributed by atoms with Crippen LogP contribution in [0.2, 0.25) is 0 Å². The number of benzene rings is 1. The number of nitrogen functional groups attached to an aromatic ring is 1. The van der Waals surface area contributed by atoms with Crippen LogP contribution in [0.1, 0.15) is 5.56 Å². The number of hydrogen-bond donors (Lipinski definition) is 2. The third kappa shape index (κ3) is 2.19. The number of hydrogen-bond acceptors (Lipinski definition) is 4. The first-order valence-corrected chi connectivity index (χ1v) is 6.06. The van der Waals surface area contributed by atoms with Gasteiger partial charge in [0.2, 0.25) is 0 Å². The second kappa shape index (κ2) is 4.30. The number of anilines is 1. The molecule has 3 N–H and O–H groups in total. The molecule has 3 nitrogen and oxygen atoms in total. The van der Waals surface area contributed by atoms with Crippen molar-refractivity contribution in [3.8, 4) is 11.3 Å². The third-order valence-corrected chi connectivity index (χ3v) is 3.37. The highest BCUT2D eigenvalue weighted by atomic mass is 79.9. The van der Waals surface area contributed by atoms with Crippen LogP contribution in [-0.4, -0.2) is 4.98 Å². The molecular formula is C10H10BrN3S. The summed E-state index contributed by atoms with van der Waals surface area (Å²) in [5.41, 5.74) is 5.83. The Hall–Kier alpha value is -0.910. The zero-order valence-corrected chi connectivity index (χ0v) is 10.5. The molecule has 0 aliphatic carbocycles. The number of rotatable bonds is 2. The minimum atomic E-state index is 0.726. The van der Waals surface area contributed by atoms with E-state index in [4.69, 9.17) is 5.84 Å². The van der Waals surface area contributed by atoms with E-state index >= 15 is 0 Å². The first-order chi connectivity index (χ1) is 7.20. The van der Waals surface area contributed by atoms with Crippen molar-refractivity contribution in [2.75, 3.05) is 5.43 Å². The highest BCUT2D eigenvalue weighted by Crippen LogP contribution is 2.29. The highest BCUT2D eigenvalue weighted by molar-refractivity contribution is 9.10. The van der Waals surface area contributed by atoms with Crippen molar-refractivity contribution in [2.24, 2.45) is 5.84 Å². The quantitative estimate of drug-likeness (QED) is 0.658. The summed E-state index contributed by atoms with van der Waals surface area (Å²) >= 11 is 4.95. The lowest BCUT2D eigenvalue weighted by Crippen LogP contribution is -2.05. The van der Waals surface area contributed by atoms with E-state index in [0.717, 1.165) is 20.9 Å². The number of halogens is 1. The summed E-state index contributed by atoms with van der Waals surface area (Å²) in [4.78, 5) is 4.36. The molecule has 0 unspecified atom stereocenters. The first kappa shape index (κ1) is 10.6. The summed E-state index contributed by atoms with van der Waals surface area (Å²) in [6.07, 6.45) is 0. The molecule has 1 aromatic heterocycles. The number of nitrogens with two attached hydrogens (primary N) is 1. The maximum Gasteiger partial charge on any atom is 0.197 e. The number of thiazole rings is 1. The van der Waals surface area contributed by atoms with Gasteiger partial charge in [0.15, 0.2) is 5.13 Å². The molecule has 5 heteroatoms. The molecule has 0 aliphatic rings. The van der Waals surface area contributed by atoms with Gasteiger partial charge in [-0.05, 0) is 24.6 Å². The van der Waals surface area contributed by atoms with Crippen LogP contribution in [0.5, 0.6) is 0 Å². The zero-order chi connectivity index (χ0) is 10.8. The average Bonchev–Trinajstić information content (AvgIpc) is 2.70. The van der Waals surface area contributed by atoms with Crippen molar-refractivity contribution >= 4 is 32.4 Å². The number of nitrogens with zero attached hydrogens (tertiary/aromatic N) is 1. The molecular weight excluding hydrogens is 274 g/mol. The Bertz CT molecular complexity index is 481. The van der Waals surface area contributed by atoms with Crippen molar-refractivity contribution in [2.45, 2.75) is 6.92 Å². The average molecular weight is 284 g/mol. The van der Waals surface area contributed by atoms with Crippen LogP contribution in [0.25, 0.3) is 11.3 Å². The Labute approximate surface area is 100 Å². The molecule has 0 fully saturated rings. The van der Waals surface area contributed by atoms with Crippen molar-refractivity contribution in [1.82, 2.24) is 4.98 Å². The fourth-order valence-electron chi connectivity index (χ4n) is 1.33. The fourth-order valence-corrected chi connectivity index (χ4v) is 2.32. The number of aryl methyl sites for hydroxylation is 1. The SMILES string of the molecule is Cc1ccc(Br)cc1-c1csc(NN)n1. The van der Waals surface area contributed by atoms with E-state index in [2.05, 4.69) is 45.4 Å². The van der Waals surface area contributed by atoms with Gasteiger partial charge < -0.3 is 0 Å². The fraction of sp³-hybridized carbons (Fsp3) is 0.100. The predicted octanol–water partition coefficient (Wildman–Crippen LogP) is 3.17. The van der Waals surface area contributed by atoms with E-state index in [1.807, 2.05) is 11.4 Å². The molecule has 0 atom stereocenters. The lowest BCUT2D eigenvalue weighted by Gasteiger charge is -2.02. The Kier molecular flexibility index (Phi) is 3.04. The smallest absolute Gasteiger partial charge is 0.197 e. The molecule has 0 spiro atoms. The van der Waals surface area contributed by atoms with Crippen molar-refractivity contribution in [3.05, 3.63) is 33.6 Å². The molecule has 0 aliphatic heterocycles. The Morgan fingerprint density at radius 2 is 2.27 bits per heavy atom. The standard InChI is InChI=1S/C10H10BrN3S/c1-6-2-3-7(11)4-8(6)9-5-15-10(13-9)14-12/h2-5H,12H2,1H3,(H,13,14). The Balaban J connectivity index is 2.48. The van der Waals surface area contributed by atoms with Crippen molar-refractivity contribution in [1.29, 1.82) is 0 Å². The van der Waals surface area contributed by atoms with Gasteiger partial charge in [0.25, 0.3) is 0 Å². The lowest BCUT2D eigenvalue weighted by molar-refractivity contribution is 1.28. The minimum absolute atomic E-state index is 0.726. The lowest BCUT2D eigenvalue weighted by atomic mass is 10.1. The van der Waals surface area contributed by atoms with E-state index in [1.54, 1.807) is 0 Å². The summed E-state index contributed by atoms with van der Waals surface area (Å²) < 4.78 is 1.05. The normalized spacial score (nSPS) is 10.3. The van der Waals surface area contributed by atoms with E-state index in [1.165, 1.54) is 16.9 Å². The summed E-state index contributed by atoms with van der Waals surface area (Å²) in [6.45, 7) is 2.07. The summed E-state index contributed by atoms with van der Waals surface area (Å²) in [5, 5.41) is 2.72. The van der Waals surface area contributed by atoms with E-state index in [9.17, 15) is 0 Å². The van der Waals surface area contributed by atoms with Crippen molar-refractivity contribution in [3.63, 3.8) is 0 Å². The maximum absolute atomic E-state index is 5.30. The van der Waals surface area contributed by atoms with Crippen LogP contribution < -0.4 is 11.3 Å². The molecule has 2 aromatic rings. The number of hydrazine groups is 1. The first-order valence-electron chi connectivity index (χ1n) is 4.39. The molecule has 0 saturated carbocycles. The van der Waals surface area contributed by atoms with Gasteiger partial charge in [-0.2, -0.15) is 0 Å². The monoisotopic (exact) mass is 283 g/mol. The summed E-state index contributed by atoms with van der Waals surface area (Å²) in [6, 6.07) is 6.15. The van der Waals surface area contributed by atoms with Gasteiger partial charge in [-0.1, -0.05) is 22.0 Å². The van der Waals surface area contributed by atoms with Gasteiger partial charge in [0.05, 0.1) is 5.69 Å². The topological polar surface area (TPSA) is 50.9 Å². The molecule has 0 saturated heterocycles. The number of nitrogens with one attached hydrogen (secondary N) is 1. The van der Waals surface area contributed by atoms with Gasteiger partial charge in [-0.3, -0.25) is 5.43 Å². The Morgan fingerprint density at radius 3 is 2.93 bits per heavy atom. The molecule has 1 aromatic carbocycles. The molecule has 78 valence electrons. The van der Waals surface area contributed by atoms with Crippen LogP contribution in [0.3, 0.4) is 0 Å². The summed E-state index contributed by atoms with van der Waals surface area (Å²) in [7, 11) is 0. The molecule has 0 radical (unpaired) electrons. The number of aromatic nitrogens is 1. The van der Waals surface area contributed by atoms with Gasteiger partial charge in [0.1, 0.15) is 0 Å². The Morgan fingerprint density at radius 1 is 1.47 bits per heavy atom. The second-order valence-electron chi connectivity index (χ2n) is 3.14. The molecule has 0 bridgehead atoms. The zero-order valence-electron chi connectivity index (χ0n) is 8.12. The van der Waals surface area contributed by atoms with E-state index in [-0.39, 0.29) is 0 Å². The van der Waals surface area contributed by atoms with Crippen molar-refractivity contribution < 1.29 is 0 Å². The van der Waals surface area contributed by atoms with Crippen LogP contribution >= 0.6 is 27.3 Å². The van der Waals surface area contributed by atoms with E-state index in [0.29, 0.717) is 0 Å². The molecule has 0 amide bonds. The molecule has 2 rings (SSSR count). The minimum Gasteiger partial charge on any atom is -0.300 e. The van der Waals surface area contributed by atoms with Crippen LogP contribution in [0.15, 0.2) is 28.1 Å². The van der Waals surface area contributed by atoms with Crippen LogP contribution in [-0.2, 0) is 0 Å². The van der Waals surface area contributed by atoms with Crippen LogP contribution in [0.4, 0.5) is 5.13 Å². The molecule has 15 heavy (non-hydrogen) atoms. The largest absolute Gasteiger partial charge is 0.300 e. The predicted molar refractivity (Wildman–Crippen MR) is 67.8 cm³/mol. The van der Waals surface area contributed by atoms with Gasteiger partial charge in [-0.25, -0.2) is 10.8 Å². The van der Waals surface area contributed by atoms with Gasteiger partial charge in [0, 0.05) is 15.4 Å². The van der Waals surface area contributed by atoms with E-state index < -0.39 is 0 Å². The maximum atomic E-state index is 5.30. The summed E-state index contributed by atoms with van der Waals surface area (Å²) in [5.74, 6) is 5.30.